The van der Waals surface area contributed by atoms with E-state index in [-0.39, 0.29) is 0 Å². The Morgan fingerprint density at radius 3 is 2.85 bits per heavy atom. The van der Waals surface area contributed by atoms with Gasteiger partial charge in [-0.15, -0.1) is 0 Å². The molecule has 1 fully saturated rings. The quantitative estimate of drug-likeness (QED) is 0.901. The lowest BCUT2D eigenvalue weighted by atomic mass is 10.1. The molecule has 3 heteroatoms. The van der Waals surface area contributed by atoms with E-state index in [9.17, 15) is 0 Å². The number of hydrogen-bond acceptors (Lipinski definition) is 2. The molecule has 0 saturated heterocycles. The Hall–Kier alpha value is -1.61. The largest absolute Gasteiger partial charge is 0.306 e. The third-order valence-electron chi connectivity index (χ3n) is 4.35. The van der Waals surface area contributed by atoms with Gasteiger partial charge in [0.15, 0.2) is 0 Å². The minimum absolute atomic E-state index is 0.327. The van der Waals surface area contributed by atoms with Gasteiger partial charge in [-0.2, -0.15) is 5.10 Å². The molecule has 1 aliphatic carbocycles. The van der Waals surface area contributed by atoms with Crippen molar-refractivity contribution in [3.05, 3.63) is 52.8 Å². The number of hydrogen-bond donors (Lipinski definition) is 1. The van der Waals surface area contributed by atoms with Gasteiger partial charge >= 0.3 is 0 Å². The first-order chi connectivity index (χ1) is 9.65. The zero-order chi connectivity index (χ0) is 14.1. The molecule has 0 bridgehead atoms. The summed E-state index contributed by atoms with van der Waals surface area (Å²) in [4.78, 5) is 0. The smallest absolute Gasteiger partial charge is 0.0540 e. The van der Waals surface area contributed by atoms with Crippen molar-refractivity contribution in [2.45, 2.75) is 45.2 Å². The topological polar surface area (TPSA) is 29.9 Å². The van der Waals surface area contributed by atoms with Crippen LogP contribution in [0.1, 0.15) is 54.1 Å². The standard InChI is InChI=1S/C17H23N3/c1-12(17-11-19-20(3)13(17)2)18-10-14-5-4-6-16(9-14)15-7-8-15/h4-6,9,11-12,15,18H,7-8,10H2,1-3H3. The molecule has 0 spiro atoms. The van der Waals surface area contributed by atoms with Crippen LogP contribution in [0.4, 0.5) is 0 Å². The highest BCUT2D eigenvalue weighted by Crippen LogP contribution is 2.40. The predicted molar refractivity (Wildman–Crippen MR) is 81.6 cm³/mol. The molecule has 0 aliphatic heterocycles. The Morgan fingerprint density at radius 2 is 2.20 bits per heavy atom. The highest BCUT2D eigenvalue weighted by molar-refractivity contribution is 5.29. The number of nitrogens with zero attached hydrogens (tertiary/aromatic N) is 2. The van der Waals surface area contributed by atoms with E-state index in [0.717, 1.165) is 12.5 Å². The van der Waals surface area contributed by atoms with Crippen molar-refractivity contribution in [2.75, 3.05) is 0 Å². The van der Waals surface area contributed by atoms with Gasteiger partial charge in [-0.3, -0.25) is 4.68 Å². The summed E-state index contributed by atoms with van der Waals surface area (Å²) in [7, 11) is 1.99. The lowest BCUT2D eigenvalue weighted by Gasteiger charge is -2.14. The van der Waals surface area contributed by atoms with Crippen molar-refractivity contribution in [3.63, 3.8) is 0 Å². The highest BCUT2D eigenvalue weighted by atomic mass is 15.3. The lowest BCUT2D eigenvalue weighted by molar-refractivity contribution is 0.570. The molecule has 1 heterocycles. The van der Waals surface area contributed by atoms with Gasteiger partial charge < -0.3 is 5.32 Å². The molecule has 1 aliphatic rings. The molecule has 3 rings (SSSR count). The van der Waals surface area contributed by atoms with Crippen LogP contribution >= 0.6 is 0 Å². The number of aryl methyl sites for hydroxylation is 1. The maximum atomic E-state index is 4.31. The summed E-state index contributed by atoms with van der Waals surface area (Å²) in [6.45, 7) is 5.24. The van der Waals surface area contributed by atoms with E-state index in [4.69, 9.17) is 0 Å². The molecule has 20 heavy (non-hydrogen) atoms. The van der Waals surface area contributed by atoms with Crippen molar-refractivity contribution in [2.24, 2.45) is 7.05 Å². The summed E-state index contributed by atoms with van der Waals surface area (Å²) in [5.41, 5.74) is 5.40. The maximum absolute atomic E-state index is 4.31. The third-order valence-corrected chi connectivity index (χ3v) is 4.35. The summed E-state index contributed by atoms with van der Waals surface area (Å²) in [6, 6.07) is 9.34. The Balaban J connectivity index is 1.64. The molecule has 106 valence electrons. The monoisotopic (exact) mass is 269 g/mol. The van der Waals surface area contributed by atoms with E-state index in [0.29, 0.717) is 6.04 Å². The van der Waals surface area contributed by atoms with Crippen molar-refractivity contribution >= 4 is 0 Å². The molecule has 1 unspecified atom stereocenters. The molecular weight excluding hydrogens is 246 g/mol. The predicted octanol–water partition coefficient (Wildman–Crippen LogP) is 3.46. The van der Waals surface area contributed by atoms with Gasteiger partial charge in [-0.05, 0) is 43.7 Å². The van der Waals surface area contributed by atoms with E-state index in [1.807, 2.05) is 17.9 Å². The average molecular weight is 269 g/mol. The second-order valence-corrected chi connectivity index (χ2v) is 5.93. The minimum atomic E-state index is 0.327. The summed E-state index contributed by atoms with van der Waals surface area (Å²) in [6.07, 6.45) is 4.69. The van der Waals surface area contributed by atoms with Crippen LogP contribution in [-0.4, -0.2) is 9.78 Å². The van der Waals surface area contributed by atoms with Gasteiger partial charge in [-0.1, -0.05) is 24.3 Å². The van der Waals surface area contributed by atoms with Gasteiger partial charge in [-0.25, -0.2) is 0 Å². The van der Waals surface area contributed by atoms with Gasteiger partial charge in [0, 0.05) is 30.9 Å². The summed E-state index contributed by atoms with van der Waals surface area (Å²) in [5, 5.41) is 7.92. The van der Waals surface area contributed by atoms with E-state index < -0.39 is 0 Å². The highest BCUT2D eigenvalue weighted by Gasteiger charge is 2.23. The average Bonchev–Trinajstić information content (AvgIpc) is 3.25. The van der Waals surface area contributed by atoms with Crippen LogP contribution in [0.3, 0.4) is 0 Å². The van der Waals surface area contributed by atoms with E-state index >= 15 is 0 Å². The maximum Gasteiger partial charge on any atom is 0.0540 e. The van der Waals surface area contributed by atoms with Crippen LogP contribution in [0, 0.1) is 6.92 Å². The third kappa shape index (κ3) is 2.78. The summed E-state index contributed by atoms with van der Waals surface area (Å²) >= 11 is 0. The van der Waals surface area contributed by atoms with Gasteiger partial charge in [0.25, 0.3) is 0 Å². The van der Waals surface area contributed by atoms with Crippen LogP contribution in [0.25, 0.3) is 0 Å². The Kier molecular flexibility index (Phi) is 3.62. The summed E-state index contributed by atoms with van der Waals surface area (Å²) in [5.74, 6) is 0.827. The van der Waals surface area contributed by atoms with Crippen molar-refractivity contribution in [3.8, 4) is 0 Å². The van der Waals surface area contributed by atoms with E-state index in [1.54, 1.807) is 0 Å². The van der Waals surface area contributed by atoms with E-state index in [1.165, 1.54) is 35.2 Å². The fraction of sp³-hybridized carbons (Fsp3) is 0.471. The molecule has 3 nitrogen and oxygen atoms in total. The molecule has 1 aromatic carbocycles. The van der Waals surface area contributed by atoms with Crippen LogP contribution in [0.2, 0.25) is 0 Å². The fourth-order valence-electron chi connectivity index (χ4n) is 2.70. The Labute approximate surface area is 121 Å². The van der Waals surface area contributed by atoms with Crippen molar-refractivity contribution < 1.29 is 0 Å². The normalized spacial score (nSPS) is 16.4. The van der Waals surface area contributed by atoms with Crippen LogP contribution in [0.5, 0.6) is 0 Å². The minimum Gasteiger partial charge on any atom is -0.306 e. The first-order valence-corrected chi connectivity index (χ1v) is 7.46. The second-order valence-electron chi connectivity index (χ2n) is 5.93. The van der Waals surface area contributed by atoms with E-state index in [2.05, 4.69) is 48.5 Å². The second kappa shape index (κ2) is 5.41. The molecule has 1 atom stereocenters. The molecule has 1 N–H and O–H groups in total. The molecule has 1 aromatic heterocycles. The van der Waals surface area contributed by atoms with Crippen molar-refractivity contribution in [1.29, 1.82) is 0 Å². The first kappa shape index (κ1) is 13.4. The zero-order valence-corrected chi connectivity index (χ0v) is 12.6. The van der Waals surface area contributed by atoms with Gasteiger partial charge in [0.2, 0.25) is 0 Å². The van der Waals surface area contributed by atoms with Crippen LogP contribution in [-0.2, 0) is 13.6 Å². The molecule has 0 amide bonds. The van der Waals surface area contributed by atoms with Crippen LogP contribution < -0.4 is 5.32 Å². The summed E-state index contributed by atoms with van der Waals surface area (Å²) < 4.78 is 1.93. The SMILES string of the molecule is Cc1c(C(C)NCc2cccc(C3CC3)c2)cnn1C. The Bertz CT molecular complexity index is 596. The molecule has 1 saturated carbocycles. The lowest BCUT2D eigenvalue weighted by Crippen LogP contribution is -2.18. The van der Waals surface area contributed by atoms with Crippen molar-refractivity contribution in [1.82, 2.24) is 15.1 Å². The number of aromatic nitrogens is 2. The molecule has 2 aromatic rings. The zero-order valence-electron chi connectivity index (χ0n) is 12.6. The molecular formula is C17H23N3. The Morgan fingerprint density at radius 1 is 1.40 bits per heavy atom. The van der Waals surface area contributed by atoms with Crippen LogP contribution in [0.15, 0.2) is 30.5 Å². The number of benzene rings is 1. The van der Waals surface area contributed by atoms with Gasteiger partial charge in [0.1, 0.15) is 0 Å². The van der Waals surface area contributed by atoms with Gasteiger partial charge in [0.05, 0.1) is 6.20 Å². The molecule has 0 radical (unpaired) electrons. The fourth-order valence-corrected chi connectivity index (χ4v) is 2.70. The number of rotatable bonds is 5. The number of nitrogens with one attached hydrogen (secondary N) is 1. The first-order valence-electron chi connectivity index (χ1n) is 7.46.